The predicted molar refractivity (Wildman–Crippen MR) is 45.4 cm³/mol. The summed E-state index contributed by atoms with van der Waals surface area (Å²) in [4.78, 5) is 10.8. The highest BCUT2D eigenvalue weighted by Gasteiger charge is 2.08. The Hall–Kier alpha value is -0.610. The molecule has 0 atom stereocenters. The van der Waals surface area contributed by atoms with E-state index in [0.29, 0.717) is 12.3 Å². The number of aryl methyl sites for hydroxylation is 1. The summed E-state index contributed by atoms with van der Waals surface area (Å²) >= 11 is 6.64. The Bertz CT molecular complexity index is 261. The summed E-state index contributed by atoms with van der Waals surface area (Å²) in [5.74, 6) is 0.512. The summed E-state index contributed by atoms with van der Waals surface area (Å²) in [5, 5.41) is 10.4. The van der Waals surface area contributed by atoms with Crippen LogP contribution in [0.1, 0.15) is 4.88 Å². The lowest BCUT2D eigenvalue weighted by Crippen LogP contribution is -1.81. The molecule has 1 aromatic heterocycles. The first-order valence-corrected chi connectivity index (χ1v) is 4.38. The number of rotatable bonds is 3. The van der Waals surface area contributed by atoms with Gasteiger partial charge in [0.25, 0.3) is 0 Å². The first-order valence-electron chi connectivity index (χ1n) is 3.03. The van der Waals surface area contributed by atoms with Crippen LogP contribution >= 0.6 is 22.9 Å². The quantitative estimate of drug-likeness (QED) is 0.419. The van der Waals surface area contributed by atoms with Crippen molar-refractivity contribution in [2.45, 2.75) is 6.42 Å². The van der Waals surface area contributed by atoms with Crippen molar-refractivity contribution < 1.29 is 4.92 Å². The van der Waals surface area contributed by atoms with Gasteiger partial charge in [0.2, 0.25) is 0 Å². The Kier molecular flexibility index (Phi) is 2.84. The van der Waals surface area contributed by atoms with E-state index in [2.05, 4.69) is 0 Å². The van der Waals surface area contributed by atoms with Gasteiger partial charge in [-0.2, -0.15) is 0 Å². The Morgan fingerprint density at radius 3 is 2.82 bits per heavy atom. The maximum absolute atomic E-state index is 10.2. The van der Waals surface area contributed by atoms with Crippen molar-refractivity contribution in [3.63, 3.8) is 0 Å². The Labute approximate surface area is 72.8 Å². The molecule has 0 N–H and O–H groups in total. The number of hydrogen-bond donors (Lipinski definition) is 0. The van der Waals surface area contributed by atoms with Gasteiger partial charge in [-0.1, -0.05) is 11.3 Å². The molecule has 0 radical (unpaired) electrons. The van der Waals surface area contributed by atoms with Crippen molar-refractivity contribution in [3.05, 3.63) is 27.1 Å². The summed E-state index contributed by atoms with van der Waals surface area (Å²) < 4.78 is 0. The highest BCUT2D eigenvalue weighted by molar-refractivity contribution is 7.15. The molecule has 0 unspecified atom stereocenters. The lowest BCUT2D eigenvalue weighted by molar-refractivity contribution is -0.380. The van der Waals surface area contributed by atoms with Gasteiger partial charge in [-0.3, -0.25) is 10.1 Å². The van der Waals surface area contributed by atoms with Gasteiger partial charge in [-0.25, -0.2) is 0 Å². The van der Waals surface area contributed by atoms with Gasteiger partial charge in [-0.05, 0) is 12.5 Å². The third kappa shape index (κ3) is 2.17. The van der Waals surface area contributed by atoms with Crippen LogP contribution < -0.4 is 0 Å². The molecule has 0 aromatic carbocycles. The number of hydrogen-bond acceptors (Lipinski definition) is 3. The van der Waals surface area contributed by atoms with Gasteiger partial charge in [0, 0.05) is 16.8 Å². The van der Waals surface area contributed by atoms with Gasteiger partial charge in [-0.15, -0.1) is 11.6 Å². The SMILES string of the molecule is O=[N+]([O-])c1ccc(CCCl)s1. The molecule has 0 saturated heterocycles. The summed E-state index contributed by atoms with van der Waals surface area (Å²) in [6.45, 7) is 0. The average Bonchev–Trinajstić information content (AvgIpc) is 2.37. The molecule has 0 bridgehead atoms. The van der Waals surface area contributed by atoms with Crippen LogP contribution in [0.25, 0.3) is 0 Å². The van der Waals surface area contributed by atoms with Crippen molar-refractivity contribution in [1.82, 2.24) is 0 Å². The van der Waals surface area contributed by atoms with Crippen molar-refractivity contribution in [3.8, 4) is 0 Å². The van der Waals surface area contributed by atoms with Crippen molar-refractivity contribution in [2.24, 2.45) is 0 Å². The highest BCUT2D eigenvalue weighted by atomic mass is 35.5. The first kappa shape index (κ1) is 8.49. The van der Waals surface area contributed by atoms with Crippen LogP contribution in [0.15, 0.2) is 12.1 Å². The minimum absolute atomic E-state index is 0.185. The maximum atomic E-state index is 10.2. The van der Waals surface area contributed by atoms with Crippen molar-refractivity contribution in [2.75, 3.05) is 5.88 Å². The molecule has 5 heteroatoms. The van der Waals surface area contributed by atoms with Crippen molar-refractivity contribution >= 4 is 27.9 Å². The zero-order valence-electron chi connectivity index (χ0n) is 5.62. The molecule has 11 heavy (non-hydrogen) atoms. The summed E-state index contributed by atoms with van der Waals surface area (Å²) in [7, 11) is 0. The molecule has 0 saturated carbocycles. The highest BCUT2D eigenvalue weighted by Crippen LogP contribution is 2.24. The summed E-state index contributed by atoms with van der Waals surface area (Å²) in [5.41, 5.74) is 0. The van der Waals surface area contributed by atoms with Crippen LogP contribution in [-0.4, -0.2) is 10.8 Å². The number of nitro groups is 1. The zero-order chi connectivity index (χ0) is 8.27. The third-order valence-electron chi connectivity index (χ3n) is 1.17. The number of halogens is 1. The van der Waals surface area contributed by atoms with E-state index in [1.807, 2.05) is 0 Å². The lowest BCUT2D eigenvalue weighted by Gasteiger charge is -1.85. The van der Waals surface area contributed by atoms with Gasteiger partial charge in [0.1, 0.15) is 0 Å². The zero-order valence-corrected chi connectivity index (χ0v) is 7.19. The largest absolute Gasteiger partial charge is 0.324 e. The van der Waals surface area contributed by atoms with Crippen molar-refractivity contribution in [1.29, 1.82) is 0 Å². The molecule has 0 spiro atoms. The molecule has 3 nitrogen and oxygen atoms in total. The van der Waals surface area contributed by atoms with Crippen LogP contribution in [-0.2, 0) is 6.42 Å². The van der Waals surface area contributed by atoms with Crippen LogP contribution in [0.3, 0.4) is 0 Å². The summed E-state index contributed by atoms with van der Waals surface area (Å²) in [6.07, 6.45) is 0.708. The minimum Gasteiger partial charge on any atom is -0.258 e. The second-order valence-electron chi connectivity index (χ2n) is 1.94. The van der Waals surface area contributed by atoms with E-state index in [1.54, 1.807) is 6.07 Å². The van der Waals surface area contributed by atoms with Gasteiger partial charge >= 0.3 is 5.00 Å². The predicted octanol–water partition coefficient (Wildman–Crippen LogP) is 2.44. The van der Waals surface area contributed by atoms with E-state index >= 15 is 0 Å². The first-order chi connectivity index (χ1) is 5.24. The van der Waals surface area contributed by atoms with Crippen LogP contribution in [0.5, 0.6) is 0 Å². The van der Waals surface area contributed by atoms with Crippen LogP contribution in [0, 0.1) is 10.1 Å². The summed E-state index contributed by atoms with van der Waals surface area (Å²) in [6, 6.07) is 3.25. The molecule has 1 heterocycles. The fourth-order valence-corrected chi connectivity index (χ4v) is 1.83. The smallest absolute Gasteiger partial charge is 0.258 e. The molecule has 0 aliphatic carbocycles. The van der Waals surface area contributed by atoms with E-state index in [9.17, 15) is 10.1 Å². The molecular weight excluding hydrogens is 186 g/mol. The number of alkyl halides is 1. The second kappa shape index (κ2) is 3.69. The Morgan fingerprint density at radius 1 is 1.64 bits per heavy atom. The minimum atomic E-state index is -0.387. The molecule has 0 aliphatic heterocycles. The van der Waals surface area contributed by atoms with Gasteiger partial charge in [0.05, 0.1) is 4.92 Å². The molecule has 1 aromatic rings. The van der Waals surface area contributed by atoms with E-state index in [0.717, 1.165) is 4.88 Å². The molecule has 0 amide bonds. The molecule has 0 fully saturated rings. The normalized spacial score (nSPS) is 9.91. The fraction of sp³-hybridized carbons (Fsp3) is 0.333. The van der Waals surface area contributed by atoms with E-state index in [1.165, 1.54) is 17.4 Å². The van der Waals surface area contributed by atoms with E-state index < -0.39 is 0 Å². The second-order valence-corrected chi connectivity index (χ2v) is 3.46. The fourth-order valence-electron chi connectivity index (χ4n) is 0.692. The third-order valence-corrected chi connectivity index (χ3v) is 2.45. The molecule has 0 aliphatic rings. The lowest BCUT2D eigenvalue weighted by atomic mass is 10.4. The van der Waals surface area contributed by atoms with Crippen LogP contribution in [0.4, 0.5) is 5.00 Å². The average molecular weight is 192 g/mol. The van der Waals surface area contributed by atoms with E-state index in [-0.39, 0.29) is 9.92 Å². The standard InChI is InChI=1S/C6H6ClNO2S/c7-4-3-5-1-2-6(11-5)8(9)10/h1-2H,3-4H2. The Balaban J connectivity index is 2.73. The van der Waals surface area contributed by atoms with E-state index in [4.69, 9.17) is 11.6 Å². The van der Waals surface area contributed by atoms with Gasteiger partial charge < -0.3 is 0 Å². The molecule has 60 valence electrons. The number of nitrogens with zero attached hydrogens (tertiary/aromatic N) is 1. The maximum Gasteiger partial charge on any atom is 0.324 e. The molecular formula is C6H6ClNO2S. The number of thiophene rings is 1. The van der Waals surface area contributed by atoms with Crippen LogP contribution in [0.2, 0.25) is 0 Å². The molecule has 1 rings (SSSR count). The monoisotopic (exact) mass is 191 g/mol. The van der Waals surface area contributed by atoms with Gasteiger partial charge in [0.15, 0.2) is 0 Å². The topological polar surface area (TPSA) is 43.1 Å². The Morgan fingerprint density at radius 2 is 2.36 bits per heavy atom.